The van der Waals surface area contributed by atoms with E-state index in [1.807, 2.05) is 54.6 Å². The molecule has 3 nitrogen and oxygen atoms in total. The lowest BCUT2D eigenvalue weighted by Gasteiger charge is -2.08. The van der Waals surface area contributed by atoms with Gasteiger partial charge in [-0.3, -0.25) is 4.79 Å². The molecule has 0 aliphatic heterocycles. The molecule has 0 aliphatic rings. The lowest BCUT2D eigenvalue weighted by molar-refractivity contribution is 0.0954. The summed E-state index contributed by atoms with van der Waals surface area (Å²) < 4.78 is 0. The van der Waals surface area contributed by atoms with Crippen LogP contribution in [0.5, 0.6) is 0 Å². The summed E-state index contributed by atoms with van der Waals surface area (Å²) in [7, 11) is 0. The molecule has 1 amide bonds. The molecular weight excluding hydrogens is 344 g/mol. The molecule has 0 unspecified atom stereocenters. The SMILES string of the molecule is CCCc1ccc(/C=N/NC(=O)c2ccccc2CCc2ccccc2)cc1. The molecule has 0 radical (unpaired) electrons. The highest BCUT2D eigenvalue weighted by molar-refractivity contribution is 5.96. The van der Waals surface area contributed by atoms with Gasteiger partial charge in [-0.25, -0.2) is 5.43 Å². The van der Waals surface area contributed by atoms with E-state index in [1.54, 1.807) is 6.21 Å². The Labute approximate surface area is 167 Å². The van der Waals surface area contributed by atoms with Gasteiger partial charge in [0, 0.05) is 5.56 Å². The van der Waals surface area contributed by atoms with E-state index < -0.39 is 0 Å². The highest BCUT2D eigenvalue weighted by Gasteiger charge is 2.10. The number of carbonyl (C=O) groups is 1. The Morgan fingerprint density at radius 3 is 2.25 bits per heavy atom. The number of nitrogens with one attached hydrogen (secondary N) is 1. The van der Waals surface area contributed by atoms with E-state index in [0.29, 0.717) is 5.56 Å². The van der Waals surface area contributed by atoms with Gasteiger partial charge in [-0.05, 0) is 47.6 Å². The number of hydrogen-bond acceptors (Lipinski definition) is 2. The molecule has 0 spiro atoms. The third kappa shape index (κ3) is 5.65. The molecule has 0 saturated carbocycles. The number of carbonyl (C=O) groups excluding carboxylic acids is 1. The molecule has 142 valence electrons. The Morgan fingerprint density at radius 1 is 0.821 bits per heavy atom. The van der Waals surface area contributed by atoms with Gasteiger partial charge in [0.25, 0.3) is 5.91 Å². The van der Waals surface area contributed by atoms with Crippen LogP contribution in [0.3, 0.4) is 0 Å². The second-order valence-electron chi connectivity index (χ2n) is 6.83. The smallest absolute Gasteiger partial charge is 0.267 e. The molecule has 0 heterocycles. The van der Waals surface area contributed by atoms with E-state index >= 15 is 0 Å². The van der Waals surface area contributed by atoms with E-state index in [2.05, 4.69) is 41.7 Å². The Balaban J connectivity index is 1.61. The zero-order chi connectivity index (χ0) is 19.6. The Morgan fingerprint density at radius 2 is 1.50 bits per heavy atom. The predicted octanol–water partition coefficient (Wildman–Crippen LogP) is 5.19. The highest BCUT2D eigenvalue weighted by Crippen LogP contribution is 2.13. The van der Waals surface area contributed by atoms with Gasteiger partial charge in [-0.2, -0.15) is 5.10 Å². The van der Waals surface area contributed by atoms with Gasteiger partial charge < -0.3 is 0 Å². The second kappa shape index (κ2) is 10.2. The number of nitrogens with zero attached hydrogens (tertiary/aromatic N) is 1. The van der Waals surface area contributed by atoms with Crippen molar-refractivity contribution in [2.45, 2.75) is 32.6 Å². The fraction of sp³-hybridized carbons (Fsp3) is 0.200. The largest absolute Gasteiger partial charge is 0.271 e. The molecule has 0 bridgehead atoms. The molecule has 3 aromatic rings. The number of amides is 1. The lowest BCUT2D eigenvalue weighted by Crippen LogP contribution is -2.19. The van der Waals surface area contributed by atoms with Crippen molar-refractivity contribution in [3.63, 3.8) is 0 Å². The van der Waals surface area contributed by atoms with Gasteiger partial charge in [0.05, 0.1) is 6.21 Å². The minimum atomic E-state index is -0.178. The van der Waals surface area contributed by atoms with Gasteiger partial charge in [0.2, 0.25) is 0 Å². The van der Waals surface area contributed by atoms with Gasteiger partial charge in [-0.15, -0.1) is 0 Å². The average molecular weight is 370 g/mol. The normalized spacial score (nSPS) is 10.9. The maximum absolute atomic E-state index is 12.6. The Bertz CT molecular complexity index is 915. The van der Waals surface area contributed by atoms with E-state index in [9.17, 15) is 4.79 Å². The van der Waals surface area contributed by atoms with Crippen LogP contribution >= 0.6 is 0 Å². The van der Waals surface area contributed by atoms with Crippen LogP contribution < -0.4 is 5.43 Å². The fourth-order valence-electron chi connectivity index (χ4n) is 3.17. The van der Waals surface area contributed by atoms with Crippen molar-refractivity contribution in [3.05, 3.63) is 107 Å². The van der Waals surface area contributed by atoms with Crippen LogP contribution in [0.4, 0.5) is 0 Å². The van der Waals surface area contributed by atoms with Crippen molar-refractivity contribution in [2.24, 2.45) is 5.10 Å². The first-order valence-corrected chi connectivity index (χ1v) is 9.80. The van der Waals surface area contributed by atoms with Crippen LogP contribution in [0.1, 0.15) is 46.0 Å². The number of aryl methyl sites for hydroxylation is 3. The third-order valence-corrected chi connectivity index (χ3v) is 4.69. The Kier molecular flexibility index (Phi) is 7.14. The standard InChI is InChI=1S/C25H26N2O/c1-2-8-20-13-15-22(16-14-20)19-26-27-25(28)24-12-7-6-11-23(24)18-17-21-9-4-3-5-10-21/h3-7,9-16,19H,2,8,17-18H2,1H3,(H,27,28)/b26-19+. The molecule has 3 rings (SSSR count). The number of hydrazone groups is 1. The van der Waals surface area contributed by atoms with Crippen molar-refractivity contribution < 1.29 is 4.79 Å². The van der Waals surface area contributed by atoms with Gasteiger partial charge in [-0.1, -0.05) is 86.1 Å². The molecule has 0 atom stereocenters. The summed E-state index contributed by atoms with van der Waals surface area (Å²) in [6, 6.07) is 26.3. The minimum absolute atomic E-state index is 0.178. The molecule has 0 saturated heterocycles. The van der Waals surface area contributed by atoms with Crippen LogP contribution in [0.25, 0.3) is 0 Å². The third-order valence-electron chi connectivity index (χ3n) is 4.69. The average Bonchev–Trinajstić information content (AvgIpc) is 2.74. The molecule has 3 aromatic carbocycles. The topological polar surface area (TPSA) is 41.5 Å². The maximum atomic E-state index is 12.6. The molecule has 0 fully saturated rings. The number of rotatable bonds is 8. The van der Waals surface area contributed by atoms with E-state index in [4.69, 9.17) is 0 Å². The van der Waals surface area contributed by atoms with Gasteiger partial charge >= 0.3 is 0 Å². The minimum Gasteiger partial charge on any atom is -0.267 e. The maximum Gasteiger partial charge on any atom is 0.271 e. The molecular formula is C25H26N2O. The van der Waals surface area contributed by atoms with Crippen molar-refractivity contribution in [3.8, 4) is 0 Å². The Hall–Kier alpha value is -3.20. The summed E-state index contributed by atoms with van der Waals surface area (Å²) in [6.07, 6.45) is 5.61. The summed E-state index contributed by atoms with van der Waals surface area (Å²) >= 11 is 0. The van der Waals surface area contributed by atoms with Crippen molar-refractivity contribution >= 4 is 12.1 Å². The van der Waals surface area contributed by atoms with Crippen LogP contribution in [-0.2, 0) is 19.3 Å². The van der Waals surface area contributed by atoms with Crippen LogP contribution in [0.15, 0.2) is 84.0 Å². The zero-order valence-corrected chi connectivity index (χ0v) is 16.3. The fourth-order valence-corrected chi connectivity index (χ4v) is 3.17. The predicted molar refractivity (Wildman–Crippen MR) is 116 cm³/mol. The lowest BCUT2D eigenvalue weighted by atomic mass is 9.99. The molecule has 28 heavy (non-hydrogen) atoms. The van der Waals surface area contributed by atoms with Crippen molar-refractivity contribution in [1.82, 2.24) is 5.43 Å². The molecule has 1 N–H and O–H groups in total. The first-order valence-electron chi connectivity index (χ1n) is 9.80. The summed E-state index contributed by atoms with van der Waals surface area (Å²) in [5.74, 6) is -0.178. The molecule has 0 aliphatic carbocycles. The highest BCUT2D eigenvalue weighted by atomic mass is 16.2. The van der Waals surface area contributed by atoms with Crippen LogP contribution in [0, 0.1) is 0 Å². The van der Waals surface area contributed by atoms with Crippen molar-refractivity contribution in [1.29, 1.82) is 0 Å². The van der Waals surface area contributed by atoms with Crippen molar-refractivity contribution in [2.75, 3.05) is 0 Å². The first-order chi connectivity index (χ1) is 13.8. The van der Waals surface area contributed by atoms with E-state index in [0.717, 1.165) is 36.8 Å². The second-order valence-corrected chi connectivity index (χ2v) is 6.83. The van der Waals surface area contributed by atoms with E-state index in [-0.39, 0.29) is 5.91 Å². The first kappa shape index (κ1) is 19.6. The summed E-state index contributed by atoms with van der Waals surface area (Å²) in [4.78, 5) is 12.6. The monoisotopic (exact) mass is 370 g/mol. The summed E-state index contributed by atoms with van der Waals surface area (Å²) in [5.41, 5.74) is 7.91. The van der Waals surface area contributed by atoms with Gasteiger partial charge in [0.1, 0.15) is 0 Å². The summed E-state index contributed by atoms with van der Waals surface area (Å²) in [6.45, 7) is 2.17. The van der Waals surface area contributed by atoms with Crippen LogP contribution in [-0.4, -0.2) is 12.1 Å². The molecule has 0 aromatic heterocycles. The number of hydrogen-bond donors (Lipinski definition) is 1. The zero-order valence-electron chi connectivity index (χ0n) is 16.3. The van der Waals surface area contributed by atoms with E-state index in [1.165, 1.54) is 11.1 Å². The molecule has 3 heteroatoms. The summed E-state index contributed by atoms with van der Waals surface area (Å²) in [5, 5.41) is 4.13. The van der Waals surface area contributed by atoms with Gasteiger partial charge in [0.15, 0.2) is 0 Å². The quantitative estimate of drug-likeness (QED) is 0.430. The van der Waals surface area contributed by atoms with Crippen LogP contribution in [0.2, 0.25) is 0 Å². The number of benzene rings is 3.